The monoisotopic (exact) mass is 271 g/mol. The van der Waals surface area contributed by atoms with E-state index < -0.39 is 5.97 Å². The van der Waals surface area contributed by atoms with E-state index >= 15 is 0 Å². The molecule has 3 rings (SSSR count). The van der Waals surface area contributed by atoms with Crippen molar-refractivity contribution in [1.82, 2.24) is 4.98 Å². The number of aromatic carboxylic acids is 1. The van der Waals surface area contributed by atoms with Crippen LogP contribution in [0, 0.1) is 0 Å². The highest BCUT2D eigenvalue weighted by Gasteiger charge is 2.16. The number of rotatable bonds is 2. The van der Waals surface area contributed by atoms with Gasteiger partial charge in [0.1, 0.15) is 0 Å². The number of carboxylic acids is 1. The molecule has 0 saturated heterocycles. The predicted octanol–water partition coefficient (Wildman–Crippen LogP) is 4.19. The third-order valence-corrected chi connectivity index (χ3v) is 3.42. The summed E-state index contributed by atoms with van der Waals surface area (Å²) in [6, 6.07) is 12.5. The lowest BCUT2D eigenvalue weighted by Crippen LogP contribution is -2.00. The van der Waals surface area contributed by atoms with Gasteiger partial charge in [0, 0.05) is 27.7 Å². The Kier molecular flexibility index (Phi) is 2.76. The van der Waals surface area contributed by atoms with Gasteiger partial charge in [-0.3, -0.25) is 0 Å². The fourth-order valence-electron chi connectivity index (χ4n) is 2.28. The Balaban J connectivity index is 2.39. The van der Waals surface area contributed by atoms with Crippen molar-refractivity contribution >= 4 is 28.5 Å². The molecule has 0 aliphatic heterocycles. The zero-order valence-corrected chi connectivity index (χ0v) is 10.6. The first-order valence-electron chi connectivity index (χ1n) is 5.77. The Bertz CT molecular complexity index is 777. The Morgan fingerprint density at radius 2 is 1.89 bits per heavy atom. The molecule has 2 N–H and O–H groups in total. The van der Waals surface area contributed by atoms with Crippen LogP contribution in [0.3, 0.4) is 0 Å². The van der Waals surface area contributed by atoms with Crippen LogP contribution in [0.15, 0.2) is 48.7 Å². The largest absolute Gasteiger partial charge is 0.478 e. The van der Waals surface area contributed by atoms with E-state index in [4.69, 9.17) is 11.6 Å². The number of carboxylic acid groups (broad SMARTS) is 1. The minimum Gasteiger partial charge on any atom is -0.478 e. The molecule has 0 aliphatic carbocycles. The zero-order chi connectivity index (χ0) is 13.4. The molecule has 2 aromatic carbocycles. The van der Waals surface area contributed by atoms with Gasteiger partial charge < -0.3 is 10.1 Å². The summed E-state index contributed by atoms with van der Waals surface area (Å²) in [4.78, 5) is 14.5. The third-order valence-electron chi connectivity index (χ3n) is 3.11. The maximum Gasteiger partial charge on any atom is 0.336 e. The van der Waals surface area contributed by atoms with Crippen molar-refractivity contribution in [2.45, 2.75) is 0 Å². The van der Waals surface area contributed by atoms with Gasteiger partial charge in [0.2, 0.25) is 0 Å². The molecule has 3 aromatic rings. The minimum atomic E-state index is -0.981. The number of aromatic amines is 1. The van der Waals surface area contributed by atoms with E-state index in [-0.39, 0.29) is 5.56 Å². The van der Waals surface area contributed by atoms with Crippen LogP contribution in [-0.4, -0.2) is 16.1 Å². The summed E-state index contributed by atoms with van der Waals surface area (Å²) in [6.07, 6.45) is 1.82. The maximum absolute atomic E-state index is 11.4. The van der Waals surface area contributed by atoms with Gasteiger partial charge in [-0.2, -0.15) is 0 Å². The second kappa shape index (κ2) is 4.44. The van der Waals surface area contributed by atoms with E-state index in [0.717, 1.165) is 16.5 Å². The summed E-state index contributed by atoms with van der Waals surface area (Å²) < 4.78 is 0. The van der Waals surface area contributed by atoms with Crippen LogP contribution in [0.4, 0.5) is 0 Å². The van der Waals surface area contributed by atoms with Crippen molar-refractivity contribution in [3.8, 4) is 11.1 Å². The highest BCUT2D eigenvalue weighted by Crippen LogP contribution is 2.35. The first-order chi connectivity index (χ1) is 9.18. The standard InChI is InChI=1S/C15H10ClNO2/c16-12-5-1-4-11(15(18)19)14(12)10-3-2-6-13-9(10)7-8-17-13/h1-8,17H,(H,18,19). The Hall–Kier alpha value is -2.26. The van der Waals surface area contributed by atoms with Crippen LogP contribution in [0.25, 0.3) is 22.0 Å². The van der Waals surface area contributed by atoms with Gasteiger partial charge in [0.15, 0.2) is 0 Å². The number of benzene rings is 2. The van der Waals surface area contributed by atoms with Crippen LogP contribution in [0.1, 0.15) is 10.4 Å². The second-order valence-electron chi connectivity index (χ2n) is 4.21. The van der Waals surface area contributed by atoms with Crippen molar-refractivity contribution in [3.05, 3.63) is 59.2 Å². The Morgan fingerprint density at radius 3 is 2.68 bits per heavy atom. The van der Waals surface area contributed by atoms with Gasteiger partial charge in [0.05, 0.1) is 5.56 Å². The Labute approximate surface area is 114 Å². The fourth-order valence-corrected chi connectivity index (χ4v) is 2.56. The lowest BCUT2D eigenvalue weighted by Gasteiger charge is -2.10. The molecule has 0 saturated carbocycles. The molecule has 1 aromatic heterocycles. The zero-order valence-electron chi connectivity index (χ0n) is 9.85. The minimum absolute atomic E-state index is 0.209. The van der Waals surface area contributed by atoms with Crippen molar-refractivity contribution in [1.29, 1.82) is 0 Å². The number of hydrogen-bond acceptors (Lipinski definition) is 1. The van der Waals surface area contributed by atoms with Gasteiger partial charge >= 0.3 is 5.97 Å². The molecule has 0 bridgehead atoms. The van der Waals surface area contributed by atoms with E-state index in [2.05, 4.69) is 4.98 Å². The number of nitrogens with one attached hydrogen (secondary N) is 1. The molecule has 0 unspecified atom stereocenters. The van der Waals surface area contributed by atoms with Crippen LogP contribution in [0.5, 0.6) is 0 Å². The second-order valence-corrected chi connectivity index (χ2v) is 4.62. The van der Waals surface area contributed by atoms with Crippen molar-refractivity contribution in [2.75, 3.05) is 0 Å². The molecule has 0 spiro atoms. The van der Waals surface area contributed by atoms with Crippen LogP contribution >= 0.6 is 11.6 Å². The normalized spacial score (nSPS) is 10.8. The molecule has 94 valence electrons. The molecule has 0 atom stereocenters. The predicted molar refractivity (Wildman–Crippen MR) is 75.7 cm³/mol. The topological polar surface area (TPSA) is 53.1 Å². The first-order valence-corrected chi connectivity index (χ1v) is 6.14. The molecule has 0 aliphatic rings. The molecule has 0 fully saturated rings. The van der Waals surface area contributed by atoms with E-state index in [9.17, 15) is 9.90 Å². The highest BCUT2D eigenvalue weighted by molar-refractivity contribution is 6.34. The number of hydrogen-bond donors (Lipinski definition) is 2. The summed E-state index contributed by atoms with van der Waals surface area (Å²) >= 11 is 6.20. The first kappa shape index (κ1) is 11.8. The van der Waals surface area contributed by atoms with Gasteiger partial charge in [-0.25, -0.2) is 4.79 Å². The van der Waals surface area contributed by atoms with Crippen molar-refractivity contribution < 1.29 is 9.90 Å². The molecule has 4 heteroatoms. The smallest absolute Gasteiger partial charge is 0.336 e. The molecular weight excluding hydrogens is 262 g/mol. The van der Waals surface area contributed by atoms with Gasteiger partial charge in [-0.05, 0) is 29.8 Å². The Morgan fingerprint density at radius 1 is 1.11 bits per heavy atom. The van der Waals surface area contributed by atoms with Crippen LogP contribution in [0.2, 0.25) is 5.02 Å². The average molecular weight is 272 g/mol. The van der Waals surface area contributed by atoms with Crippen LogP contribution < -0.4 is 0 Å². The number of carbonyl (C=O) groups is 1. The molecule has 1 heterocycles. The maximum atomic E-state index is 11.4. The van der Waals surface area contributed by atoms with Gasteiger partial charge in [-0.15, -0.1) is 0 Å². The summed E-state index contributed by atoms with van der Waals surface area (Å²) in [5.74, 6) is -0.981. The summed E-state index contributed by atoms with van der Waals surface area (Å²) in [6.45, 7) is 0. The molecule has 0 radical (unpaired) electrons. The number of halogens is 1. The average Bonchev–Trinajstić information content (AvgIpc) is 2.86. The number of aromatic nitrogens is 1. The van der Waals surface area contributed by atoms with Crippen molar-refractivity contribution in [2.24, 2.45) is 0 Å². The lowest BCUT2D eigenvalue weighted by molar-refractivity contribution is 0.0698. The molecule has 3 nitrogen and oxygen atoms in total. The lowest BCUT2D eigenvalue weighted by atomic mass is 9.97. The van der Waals surface area contributed by atoms with Crippen LogP contribution in [-0.2, 0) is 0 Å². The SMILES string of the molecule is O=C(O)c1cccc(Cl)c1-c1cccc2[nH]ccc12. The van der Waals surface area contributed by atoms with Crippen molar-refractivity contribution in [3.63, 3.8) is 0 Å². The molecular formula is C15H10ClNO2. The van der Waals surface area contributed by atoms with E-state index in [1.165, 1.54) is 0 Å². The van der Waals surface area contributed by atoms with E-state index in [1.54, 1.807) is 18.2 Å². The number of H-pyrrole nitrogens is 1. The number of fused-ring (bicyclic) bond motifs is 1. The summed E-state index contributed by atoms with van der Waals surface area (Å²) in [5.41, 5.74) is 2.54. The highest BCUT2D eigenvalue weighted by atomic mass is 35.5. The molecule has 0 amide bonds. The molecule has 19 heavy (non-hydrogen) atoms. The van der Waals surface area contributed by atoms with Gasteiger partial charge in [-0.1, -0.05) is 29.8 Å². The summed E-state index contributed by atoms with van der Waals surface area (Å²) in [5, 5.41) is 10.7. The van der Waals surface area contributed by atoms with E-state index in [0.29, 0.717) is 10.6 Å². The fraction of sp³-hybridized carbons (Fsp3) is 0. The van der Waals surface area contributed by atoms with Gasteiger partial charge in [0.25, 0.3) is 0 Å². The quantitative estimate of drug-likeness (QED) is 0.734. The summed E-state index contributed by atoms with van der Waals surface area (Å²) in [7, 11) is 0. The third kappa shape index (κ3) is 1.88. The van der Waals surface area contributed by atoms with E-state index in [1.807, 2.05) is 30.5 Å².